The van der Waals surface area contributed by atoms with Crippen molar-refractivity contribution >= 4 is 29.0 Å². The van der Waals surface area contributed by atoms with Crippen molar-refractivity contribution in [3.8, 4) is 22.9 Å². The number of aromatic nitrogens is 3. The average Bonchev–Trinajstić information content (AvgIpc) is 2.75. The van der Waals surface area contributed by atoms with E-state index in [4.69, 9.17) is 27.9 Å². The monoisotopic (exact) mass is 503 g/mol. The Bertz CT molecular complexity index is 1410. The number of nitriles is 1. The molecule has 3 heterocycles. The van der Waals surface area contributed by atoms with Crippen molar-refractivity contribution in [1.29, 1.82) is 5.26 Å². The number of halogens is 3. The highest BCUT2D eigenvalue weighted by Gasteiger charge is 2.34. The molecule has 2 aromatic heterocycles. The predicted octanol–water partition coefficient (Wildman–Crippen LogP) is 3.64. The number of rotatable bonds is 6. The third-order valence-electron chi connectivity index (χ3n) is 5.32. The topological polar surface area (TPSA) is 93.2 Å². The summed E-state index contributed by atoms with van der Waals surface area (Å²) in [6, 6.07) is 7.28. The maximum atomic E-state index is 13.9. The summed E-state index contributed by atoms with van der Waals surface area (Å²) < 4.78 is 21.8. The molecule has 0 aliphatic carbocycles. The summed E-state index contributed by atoms with van der Waals surface area (Å²) in [6.07, 6.45) is 2.60. The zero-order valence-electron chi connectivity index (χ0n) is 18.3. The van der Waals surface area contributed by atoms with Crippen LogP contribution in [0.4, 0.5) is 10.2 Å². The number of benzene rings is 1. The van der Waals surface area contributed by atoms with E-state index < -0.39 is 17.1 Å². The van der Waals surface area contributed by atoms with Gasteiger partial charge < -0.3 is 9.64 Å². The summed E-state index contributed by atoms with van der Waals surface area (Å²) in [4.78, 5) is 33.0. The van der Waals surface area contributed by atoms with Crippen molar-refractivity contribution in [2.24, 2.45) is 0 Å². The molecule has 0 spiro atoms. The molecule has 0 unspecified atom stereocenters. The van der Waals surface area contributed by atoms with Crippen molar-refractivity contribution in [1.82, 2.24) is 14.1 Å². The Balaban J connectivity index is 2.01. The Hall–Kier alpha value is -3.19. The van der Waals surface area contributed by atoms with E-state index in [2.05, 4.69) is 4.98 Å². The van der Waals surface area contributed by atoms with Crippen LogP contribution in [0.5, 0.6) is 0 Å². The van der Waals surface area contributed by atoms with Crippen LogP contribution >= 0.6 is 23.2 Å². The Labute approximate surface area is 204 Å². The van der Waals surface area contributed by atoms with E-state index in [9.17, 15) is 19.2 Å². The van der Waals surface area contributed by atoms with E-state index in [1.807, 2.05) is 19.9 Å². The first kappa shape index (κ1) is 24.0. The van der Waals surface area contributed by atoms with Crippen molar-refractivity contribution in [3.63, 3.8) is 0 Å². The minimum absolute atomic E-state index is 0.00663. The zero-order chi connectivity index (χ0) is 24.6. The van der Waals surface area contributed by atoms with Gasteiger partial charge >= 0.3 is 5.69 Å². The third-order valence-corrected chi connectivity index (χ3v) is 5.81. The lowest BCUT2D eigenvalue weighted by Crippen LogP contribution is -2.56. The summed E-state index contributed by atoms with van der Waals surface area (Å²) in [5.41, 5.74) is -0.862. The lowest BCUT2D eigenvalue weighted by molar-refractivity contribution is -0.00768. The van der Waals surface area contributed by atoms with Crippen LogP contribution in [0.15, 0.2) is 46.2 Å². The van der Waals surface area contributed by atoms with Crippen molar-refractivity contribution in [2.75, 3.05) is 18.0 Å². The molecular weight excluding hydrogens is 484 g/mol. The first-order chi connectivity index (χ1) is 16.2. The minimum Gasteiger partial charge on any atom is -0.372 e. The van der Waals surface area contributed by atoms with Gasteiger partial charge in [0.25, 0.3) is 5.56 Å². The van der Waals surface area contributed by atoms with E-state index in [-0.39, 0.29) is 45.9 Å². The van der Waals surface area contributed by atoms with Gasteiger partial charge in [-0.2, -0.15) is 5.26 Å². The molecule has 1 saturated heterocycles. The second-order valence-corrected chi connectivity index (χ2v) is 8.91. The van der Waals surface area contributed by atoms with Gasteiger partial charge in [-0.25, -0.2) is 13.8 Å². The molecule has 0 saturated carbocycles. The first-order valence-corrected chi connectivity index (χ1v) is 11.2. The van der Waals surface area contributed by atoms with Crippen molar-refractivity contribution in [3.05, 3.63) is 73.4 Å². The molecule has 1 fully saturated rings. The van der Waals surface area contributed by atoms with E-state index >= 15 is 0 Å². The van der Waals surface area contributed by atoms with Gasteiger partial charge in [0.2, 0.25) is 0 Å². The molecule has 0 amide bonds. The van der Waals surface area contributed by atoms with Gasteiger partial charge in [-0.15, -0.1) is 0 Å². The molecule has 3 aromatic rings. The average molecular weight is 504 g/mol. The quantitative estimate of drug-likeness (QED) is 0.509. The number of nitrogens with zero attached hydrogens (tertiary/aromatic N) is 5. The van der Waals surface area contributed by atoms with Crippen LogP contribution in [0.1, 0.15) is 13.8 Å². The van der Waals surface area contributed by atoms with E-state index in [1.54, 1.807) is 4.90 Å². The van der Waals surface area contributed by atoms with Crippen LogP contribution in [0.25, 0.3) is 16.8 Å². The highest BCUT2D eigenvalue weighted by atomic mass is 35.5. The second kappa shape index (κ2) is 9.58. The Morgan fingerprint density at radius 2 is 1.97 bits per heavy atom. The van der Waals surface area contributed by atoms with Crippen LogP contribution < -0.4 is 16.1 Å². The maximum absolute atomic E-state index is 13.9. The highest BCUT2D eigenvalue weighted by Crippen LogP contribution is 2.33. The van der Waals surface area contributed by atoms with E-state index in [0.717, 1.165) is 10.6 Å². The maximum Gasteiger partial charge on any atom is 0.338 e. The fourth-order valence-corrected chi connectivity index (χ4v) is 4.27. The fraction of sp³-hybridized carbons (Fsp3) is 0.304. The Morgan fingerprint density at radius 1 is 1.24 bits per heavy atom. The Kier molecular flexibility index (Phi) is 6.75. The van der Waals surface area contributed by atoms with Gasteiger partial charge in [-0.05, 0) is 37.6 Å². The number of pyridine rings is 1. The number of anilines is 1. The molecule has 1 aliphatic heterocycles. The first-order valence-electron chi connectivity index (χ1n) is 10.4. The minimum atomic E-state index is -0.726. The molecule has 34 heavy (non-hydrogen) atoms. The van der Waals surface area contributed by atoms with Gasteiger partial charge in [0, 0.05) is 19.3 Å². The summed E-state index contributed by atoms with van der Waals surface area (Å²) in [5.74, 6) is -0.403. The molecule has 0 atom stereocenters. The van der Waals surface area contributed by atoms with E-state index in [0.29, 0.717) is 18.7 Å². The zero-order valence-corrected chi connectivity index (χ0v) is 19.8. The molecular formula is C23H20Cl2FN5O3. The third kappa shape index (κ3) is 4.44. The van der Waals surface area contributed by atoms with Gasteiger partial charge in [-0.3, -0.25) is 14.3 Å². The van der Waals surface area contributed by atoms with E-state index in [1.165, 1.54) is 35.2 Å². The largest absolute Gasteiger partial charge is 0.372 e. The molecule has 0 radical (unpaired) electrons. The molecule has 0 N–H and O–H groups in total. The Morgan fingerprint density at radius 3 is 2.59 bits per heavy atom. The fourth-order valence-electron chi connectivity index (χ4n) is 3.92. The van der Waals surface area contributed by atoms with Crippen LogP contribution in [0.2, 0.25) is 10.0 Å². The number of ether oxygens (including phenoxy) is 1. The molecule has 1 aromatic carbocycles. The molecule has 176 valence electrons. The standard InChI is InChI=1S/C23H20Cl2FN5O3/c1-13(2)34-17-11-29(12-17)21-20(14-3-4-19(26)18(25)7-14)22(32)31(23(33)30(21)6-5-27)16-8-15(24)9-28-10-16/h3-4,7-10,13,17H,6,11-12H2,1-2H3. The molecule has 11 heteroatoms. The second-order valence-electron chi connectivity index (χ2n) is 8.07. The molecule has 8 nitrogen and oxygen atoms in total. The van der Waals surface area contributed by atoms with Crippen LogP contribution in [0.3, 0.4) is 0 Å². The predicted molar refractivity (Wildman–Crippen MR) is 127 cm³/mol. The lowest BCUT2D eigenvalue weighted by atomic mass is 10.0. The molecule has 0 bridgehead atoms. The highest BCUT2D eigenvalue weighted by molar-refractivity contribution is 6.31. The van der Waals surface area contributed by atoms with Gasteiger partial charge in [0.05, 0.1) is 45.8 Å². The molecule has 1 aliphatic rings. The van der Waals surface area contributed by atoms with Crippen molar-refractivity contribution in [2.45, 2.75) is 32.6 Å². The van der Waals surface area contributed by atoms with Gasteiger partial charge in [0.1, 0.15) is 18.2 Å². The number of hydrogen-bond acceptors (Lipinski definition) is 6. The number of hydrogen-bond donors (Lipinski definition) is 0. The normalized spacial score (nSPS) is 13.7. The van der Waals surface area contributed by atoms with Gasteiger partial charge in [-0.1, -0.05) is 29.3 Å². The summed E-state index contributed by atoms with van der Waals surface area (Å²) in [6.45, 7) is 4.33. The van der Waals surface area contributed by atoms with Crippen LogP contribution in [-0.2, 0) is 11.3 Å². The lowest BCUT2D eigenvalue weighted by Gasteiger charge is -2.42. The summed E-state index contributed by atoms with van der Waals surface area (Å²) in [5, 5.41) is 9.53. The van der Waals surface area contributed by atoms with Crippen LogP contribution in [-0.4, -0.2) is 39.4 Å². The summed E-state index contributed by atoms with van der Waals surface area (Å²) in [7, 11) is 0. The SMILES string of the molecule is CC(C)OC1CN(c2c(-c3ccc(F)c(Cl)c3)c(=O)n(-c3cncc(Cl)c3)c(=O)n2CC#N)C1. The smallest absolute Gasteiger partial charge is 0.338 e. The van der Waals surface area contributed by atoms with Gasteiger partial charge in [0.15, 0.2) is 0 Å². The summed E-state index contributed by atoms with van der Waals surface area (Å²) >= 11 is 12.1. The van der Waals surface area contributed by atoms with Crippen molar-refractivity contribution < 1.29 is 9.13 Å². The molecule has 4 rings (SSSR count). The van der Waals surface area contributed by atoms with Crippen LogP contribution in [0, 0.1) is 17.1 Å².